The molecule has 1 saturated carbocycles. The monoisotopic (exact) mass is 242 g/mol. The molecule has 0 spiro atoms. The van der Waals surface area contributed by atoms with Crippen molar-refractivity contribution in [1.29, 1.82) is 0 Å². The van der Waals surface area contributed by atoms with Gasteiger partial charge in [-0.15, -0.1) is 0 Å². The van der Waals surface area contributed by atoms with Gasteiger partial charge in [-0.25, -0.2) is 0 Å². The van der Waals surface area contributed by atoms with Crippen LogP contribution >= 0.6 is 11.6 Å². The van der Waals surface area contributed by atoms with Crippen molar-refractivity contribution >= 4 is 11.6 Å². The molecule has 0 aromatic carbocycles. The summed E-state index contributed by atoms with van der Waals surface area (Å²) in [6.07, 6.45) is 8.99. The van der Waals surface area contributed by atoms with Gasteiger partial charge in [0.25, 0.3) is 5.28 Å². The quantitative estimate of drug-likeness (QED) is 0.795. The van der Waals surface area contributed by atoms with Crippen LogP contribution in [0.25, 0.3) is 0 Å². The summed E-state index contributed by atoms with van der Waals surface area (Å²) in [4.78, 5) is 4.11. The van der Waals surface area contributed by atoms with E-state index in [4.69, 9.17) is 16.1 Å². The Morgan fingerprint density at radius 1 is 1.31 bits per heavy atom. The number of halogens is 1. The SMILES string of the molecule is CCCCC1CCC(c2nc(Cl)no2)CC1. The zero-order chi connectivity index (χ0) is 11.4. The van der Waals surface area contributed by atoms with Crippen molar-refractivity contribution in [2.45, 2.75) is 57.8 Å². The highest BCUT2D eigenvalue weighted by atomic mass is 35.5. The number of hydrogen-bond donors (Lipinski definition) is 0. The number of unbranched alkanes of at least 4 members (excludes halogenated alkanes) is 1. The second-order valence-corrected chi connectivity index (χ2v) is 5.10. The number of nitrogens with zero attached hydrogens (tertiary/aromatic N) is 2. The smallest absolute Gasteiger partial charge is 0.263 e. The largest absolute Gasteiger partial charge is 0.338 e. The van der Waals surface area contributed by atoms with Crippen molar-refractivity contribution < 1.29 is 4.52 Å². The number of rotatable bonds is 4. The minimum Gasteiger partial charge on any atom is -0.338 e. The minimum absolute atomic E-state index is 0.239. The second kappa shape index (κ2) is 5.67. The first kappa shape index (κ1) is 11.9. The van der Waals surface area contributed by atoms with Crippen LogP contribution in [-0.4, -0.2) is 10.1 Å². The predicted molar refractivity (Wildman–Crippen MR) is 63.5 cm³/mol. The highest BCUT2D eigenvalue weighted by Crippen LogP contribution is 2.37. The van der Waals surface area contributed by atoms with Crippen LogP contribution in [0.3, 0.4) is 0 Å². The van der Waals surface area contributed by atoms with Gasteiger partial charge in [-0.05, 0) is 48.4 Å². The third-order valence-electron chi connectivity index (χ3n) is 3.58. The Balaban J connectivity index is 1.81. The van der Waals surface area contributed by atoms with Gasteiger partial charge < -0.3 is 4.52 Å². The molecule has 0 atom stereocenters. The molecule has 16 heavy (non-hydrogen) atoms. The van der Waals surface area contributed by atoms with Gasteiger partial charge in [0, 0.05) is 5.92 Å². The number of aromatic nitrogens is 2. The summed E-state index contributed by atoms with van der Waals surface area (Å²) in [6.45, 7) is 2.26. The van der Waals surface area contributed by atoms with E-state index in [2.05, 4.69) is 17.1 Å². The van der Waals surface area contributed by atoms with Crippen molar-refractivity contribution in [3.05, 3.63) is 11.2 Å². The normalized spacial score (nSPS) is 25.9. The molecule has 1 aromatic rings. The van der Waals surface area contributed by atoms with Crippen LogP contribution in [0.1, 0.15) is 63.7 Å². The molecule has 0 radical (unpaired) electrons. The molecule has 3 nitrogen and oxygen atoms in total. The molecule has 1 aliphatic rings. The Morgan fingerprint density at radius 2 is 2.06 bits per heavy atom. The van der Waals surface area contributed by atoms with E-state index in [1.54, 1.807) is 0 Å². The topological polar surface area (TPSA) is 38.9 Å². The second-order valence-electron chi connectivity index (χ2n) is 4.76. The van der Waals surface area contributed by atoms with Crippen LogP contribution in [0, 0.1) is 5.92 Å². The van der Waals surface area contributed by atoms with Crippen LogP contribution in [0.15, 0.2) is 4.52 Å². The van der Waals surface area contributed by atoms with Crippen molar-refractivity contribution in [3.63, 3.8) is 0 Å². The molecule has 4 heteroatoms. The Hall–Kier alpha value is -0.570. The standard InChI is InChI=1S/C12H19ClN2O/c1-2-3-4-9-5-7-10(8-6-9)11-14-12(13)15-16-11/h9-10H,2-8H2,1H3. The van der Waals surface area contributed by atoms with Gasteiger partial charge in [0.2, 0.25) is 5.89 Å². The third kappa shape index (κ3) is 2.97. The first-order chi connectivity index (χ1) is 7.79. The van der Waals surface area contributed by atoms with Gasteiger partial charge in [0.15, 0.2) is 0 Å². The fraction of sp³-hybridized carbons (Fsp3) is 0.833. The molecule has 1 aromatic heterocycles. The molecule has 0 amide bonds. The summed E-state index contributed by atoms with van der Waals surface area (Å²) in [7, 11) is 0. The van der Waals surface area contributed by atoms with Crippen LogP contribution < -0.4 is 0 Å². The molecular formula is C12H19ClN2O. The van der Waals surface area contributed by atoms with Crippen LogP contribution in [-0.2, 0) is 0 Å². The Labute approximate surface area is 102 Å². The van der Waals surface area contributed by atoms with Gasteiger partial charge in [-0.3, -0.25) is 0 Å². The lowest BCUT2D eigenvalue weighted by Crippen LogP contribution is -2.13. The van der Waals surface area contributed by atoms with Crippen molar-refractivity contribution in [1.82, 2.24) is 10.1 Å². The Kier molecular flexibility index (Phi) is 4.22. The first-order valence-electron chi connectivity index (χ1n) is 6.28. The van der Waals surface area contributed by atoms with Crippen LogP contribution in [0.4, 0.5) is 0 Å². The summed E-state index contributed by atoms with van der Waals surface area (Å²) >= 11 is 5.66. The highest BCUT2D eigenvalue weighted by Gasteiger charge is 2.25. The fourth-order valence-electron chi connectivity index (χ4n) is 2.57. The van der Waals surface area contributed by atoms with Crippen molar-refractivity contribution in [2.24, 2.45) is 5.92 Å². The molecule has 1 heterocycles. The van der Waals surface area contributed by atoms with E-state index in [1.807, 2.05) is 0 Å². The fourth-order valence-corrected chi connectivity index (χ4v) is 2.69. The zero-order valence-corrected chi connectivity index (χ0v) is 10.5. The summed E-state index contributed by atoms with van der Waals surface area (Å²) < 4.78 is 5.13. The molecule has 0 bridgehead atoms. The molecule has 0 N–H and O–H groups in total. The number of hydrogen-bond acceptors (Lipinski definition) is 3. The van der Waals surface area contributed by atoms with Gasteiger partial charge in [0.1, 0.15) is 0 Å². The lowest BCUT2D eigenvalue weighted by Gasteiger charge is -2.26. The highest BCUT2D eigenvalue weighted by molar-refractivity contribution is 6.28. The van der Waals surface area contributed by atoms with E-state index in [9.17, 15) is 0 Å². The lowest BCUT2D eigenvalue weighted by atomic mass is 9.80. The average Bonchev–Trinajstić information content (AvgIpc) is 2.74. The maximum Gasteiger partial charge on any atom is 0.263 e. The molecule has 0 unspecified atom stereocenters. The van der Waals surface area contributed by atoms with Gasteiger partial charge in [-0.2, -0.15) is 4.98 Å². The van der Waals surface area contributed by atoms with E-state index in [0.29, 0.717) is 5.92 Å². The summed E-state index contributed by atoms with van der Waals surface area (Å²) in [5.41, 5.74) is 0. The maximum atomic E-state index is 5.66. The van der Waals surface area contributed by atoms with E-state index >= 15 is 0 Å². The van der Waals surface area contributed by atoms with E-state index in [1.165, 1.54) is 44.9 Å². The maximum absolute atomic E-state index is 5.66. The molecule has 1 fully saturated rings. The average molecular weight is 243 g/mol. The molecule has 0 saturated heterocycles. The van der Waals surface area contributed by atoms with Crippen LogP contribution in [0.2, 0.25) is 5.28 Å². The van der Waals surface area contributed by atoms with Crippen LogP contribution in [0.5, 0.6) is 0 Å². The molecule has 90 valence electrons. The Bertz CT molecular complexity index is 319. The van der Waals surface area contributed by atoms with Crippen molar-refractivity contribution in [2.75, 3.05) is 0 Å². The van der Waals surface area contributed by atoms with Crippen molar-refractivity contribution in [3.8, 4) is 0 Å². The summed E-state index contributed by atoms with van der Waals surface area (Å²) in [5, 5.41) is 3.88. The first-order valence-corrected chi connectivity index (χ1v) is 6.66. The summed E-state index contributed by atoms with van der Waals surface area (Å²) in [5.74, 6) is 2.09. The summed E-state index contributed by atoms with van der Waals surface area (Å²) in [6, 6.07) is 0. The van der Waals surface area contributed by atoms with Gasteiger partial charge >= 0.3 is 0 Å². The lowest BCUT2D eigenvalue weighted by molar-refractivity contribution is 0.260. The Morgan fingerprint density at radius 3 is 2.62 bits per heavy atom. The van der Waals surface area contributed by atoms with Gasteiger partial charge in [-0.1, -0.05) is 26.2 Å². The predicted octanol–water partition coefficient (Wildman–Crippen LogP) is 4.19. The molecule has 1 aliphatic carbocycles. The molecular weight excluding hydrogens is 224 g/mol. The third-order valence-corrected chi connectivity index (χ3v) is 3.73. The minimum atomic E-state index is 0.239. The van der Waals surface area contributed by atoms with Gasteiger partial charge in [0.05, 0.1) is 0 Å². The molecule has 2 rings (SSSR count). The van der Waals surface area contributed by atoms with E-state index in [0.717, 1.165) is 11.8 Å². The molecule has 0 aliphatic heterocycles. The van der Waals surface area contributed by atoms with E-state index < -0.39 is 0 Å². The zero-order valence-electron chi connectivity index (χ0n) is 9.79. The van der Waals surface area contributed by atoms with E-state index in [-0.39, 0.29) is 5.28 Å².